The predicted molar refractivity (Wildman–Crippen MR) is 72.5 cm³/mol. The maximum absolute atomic E-state index is 11.6. The van der Waals surface area contributed by atoms with Crippen molar-refractivity contribution in [1.82, 2.24) is 0 Å². The Morgan fingerprint density at radius 2 is 1.75 bits per heavy atom. The summed E-state index contributed by atoms with van der Waals surface area (Å²) in [6.07, 6.45) is 3.06. The Kier molecular flexibility index (Phi) is 4.79. The molecule has 1 aromatic carbocycles. The van der Waals surface area contributed by atoms with Crippen molar-refractivity contribution in [3.8, 4) is 5.75 Å². The van der Waals surface area contributed by atoms with Crippen LogP contribution in [0.1, 0.15) is 0 Å². The molecule has 0 unspecified atom stereocenters. The Labute approximate surface area is 108 Å². The van der Waals surface area contributed by atoms with Crippen LogP contribution in [0.25, 0.3) is 0 Å². The zero-order chi connectivity index (χ0) is 12.4. The SMILES string of the molecule is COc1ccc([Te](Cl)(Cl)N=S(C)(C)=O)cc1. The first kappa shape index (κ1) is 14.4. The molecule has 0 radical (unpaired) electrons. The summed E-state index contributed by atoms with van der Waals surface area (Å²) in [5.41, 5.74) is 0. The zero-order valence-corrected chi connectivity index (χ0v) is 13.8. The van der Waals surface area contributed by atoms with Crippen LogP contribution in [0.15, 0.2) is 26.9 Å². The number of benzene rings is 1. The fourth-order valence-corrected chi connectivity index (χ4v) is 14.3. The van der Waals surface area contributed by atoms with Gasteiger partial charge in [0.05, 0.1) is 0 Å². The molecule has 92 valence electrons. The van der Waals surface area contributed by atoms with Gasteiger partial charge in [0.15, 0.2) is 0 Å². The van der Waals surface area contributed by atoms with E-state index in [-0.39, 0.29) is 0 Å². The van der Waals surface area contributed by atoms with Crippen LogP contribution in [0.2, 0.25) is 0 Å². The second kappa shape index (κ2) is 5.32. The number of rotatable bonds is 3. The Bertz CT molecular complexity index is 473. The first-order chi connectivity index (χ1) is 7.24. The Hall–Kier alpha value is 0.340. The number of hydrogen-bond acceptors (Lipinski definition) is 3. The summed E-state index contributed by atoms with van der Waals surface area (Å²) in [6.45, 7) is 0. The van der Waals surface area contributed by atoms with Gasteiger partial charge < -0.3 is 0 Å². The van der Waals surface area contributed by atoms with E-state index in [1.54, 1.807) is 31.4 Å². The summed E-state index contributed by atoms with van der Waals surface area (Å²) >= 11 is -3.57. The van der Waals surface area contributed by atoms with Gasteiger partial charge in [0.2, 0.25) is 0 Å². The molecular formula is C9H13Cl2NO2STe. The normalized spacial score (nSPS) is 13.3. The van der Waals surface area contributed by atoms with Crippen LogP contribution >= 0.6 is 17.9 Å². The molecule has 16 heavy (non-hydrogen) atoms. The number of methoxy groups -OCH3 is 1. The van der Waals surface area contributed by atoms with Gasteiger partial charge in [0.1, 0.15) is 0 Å². The average Bonchev–Trinajstić information content (AvgIpc) is 2.14. The number of ether oxygens (including phenoxy) is 1. The van der Waals surface area contributed by atoms with E-state index in [9.17, 15) is 4.21 Å². The van der Waals surface area contributed by atoms with Crippen LogP contribution in [-0.2, 0) is 9.73 Å². The Morgan fingerprint density at radius 1 is 1.25 bits per heavy atom. The van der Waals surface area contributed by atoms with Crippen LogP contribution in [0.5, 0.6) is 5.75 Å². The first-order valence-electron chi connectivity index (χ1n) is 4.29. The molecule has 1 aromatic rings. The summed E-state index contributed by atoms with van der Waals surface area (Å²) in [6, 6.07) is 7.08. The molecule has 3 nitrogen and oxygen atoms in total. The van der Waals surface area contributed by atoms with E-state index < -0.39 is 25.9 Å². The molecule has 7 heteroatoms. The molecule has 0 bridgehead atoms. The zero-order valence-electron chi connectivity index (χ0n) is 9.15. The monoisotopic (exact) mass is 399 g/mol. The van der Waals surface area contributed by atoms with E-state index in [2.05, 4.69) is 2.61 Å². The maximum atomic E-state index is 11.6. The van der Waals surface area contributed by atoms with Gasteiger partial charge in [-0.1, -0.05) is 0 Å². The van der Waals surface area contributed by atoms with E-state index in [0.717, 1.165) is 9.36 Å². The molecule has 0 fully saturated rings. The van der Waals surface area contributed by atoms with E-state index >= 15 is 0 Å². The fourth-order valence-electron chi connectivity index (χ4n) is 1.01. The van der Waals surface area contributed by atoms with Crippen molar-refractivity contribution in [3.63, 3.8) is 0 Å². The third-order valence-corrected chi connectivity index (χ3v) is 13.9. The van der Waals surface area contributed by atoms with E-state index in [1.807, 2.05) is 0 Å². The minimum atomic E-state index is -3.57. The molecule has 0 saturated heterocycles. The van der Waals surface area contributed by atoms with Gasteiger partial charge in [0, 0.05) is 0 Å². The van der Waals surface area contributed by atoms with E-state index in [0.29, 0.717) is 0 Å². The molecule has 0 amide bonds. The van der Waals surface area contributed by atoms with Gasteiger partial charge in [-0.3, -0.25) is 0 Å². The molecule has 0 aliphatic heterocycles. The first-order valence-corrected chi connectivity index (χ1v) is 14.7. The second-order valence-corrected chi connectivity index (χ2v) is 18.1. The average molecular weight is 398 g/mol. The van der Waals surface area contributed by atoms with Crippen LogP contribution in [0.4, 0.5) is 0 Å². The van der Waals surface area contributed by atoms with Crippen LogP contribution < -0.4 is 8.35 Å². The molecule has 0 aliphatic rings. The third kappa shape index (κ3) is 4.31. The van der Waals surface area contributed by atoms with Crippen LogP contribution in [-0.4, -0.2) is 40.0 Å². The molecule has 0 heterocycles. The van der Waals surface area contributed by atoms with Crippen molar-refractivity contribution < 1.29 is 8.95 Å². The van der Waals surface area contributed by atoms with Gasteiger partial charge in [-0.2, -0.15) is 0 Å². The molecule has 1 rings (SSSR count). The molecule has 0 aromatic heterocycles. The van der Waals surface area contributed by atoms with Crippen molar-refractivity contribution in [2.75, 3.05) is 19.6 Å². The summed E-state index contributed by atoms with van der Waals surface area (Å²) in [5.74, 6) is 0.726. The van der Waals surface area contributed by atoms with Crippen molar-refractivity contribution >= 4 is 47.5 Å². The topological polar surface area (TPSA) is 38.7 Å². The third-order valence-electron chi connectivity index (χ3n) is 1.62. The molecular weight excluding hydrogens is 385 g/mol. The molecule has 0 aliphatic carbocycles. The summed E-state index contributed by atoms with van der Waals surface area (Å²) in [4.78, 5) is 0. The molecule has 0 saturated carbocycles. The standard InChI is InChI=1S/C9H13Cl2NO2STe/c1-14-8-4-6-9(7-5-8)16(10,11)12-15(2,3)13/h4-7H,1-3H3. The Morgan fingerprint density at radius 3 is 2.12 bits per heavy atom. The Balaban J connectivity index is 3.13. The predicted octanol–water partition coefficient (Wildman–Crippen LogP) is 2.05. The summed E-state index contributed by atoms with van der Waals surface area (Å²) < 4.78 is 21.4. The molecule has 0 atom stereocenters. The van der Waals surface area contributed by atoms with Gasteiger partial charge in [-0.25, -0.2) is 0 Å². The fraction of sp³-hybridized carbons (Fsp3) is 0.333. The number of hydrogen-bond donors (Lipinski definition) is 0. The molecule has 0 N–H and O–H groups in total. The van der Waals surface area contributed by atoms with Crippen molar-refractivity contribution in [1.29, 1.82) is 0 Å². The van der Waals surface area contributed by atoms with E-state index in [4.69, 9.17) is 22.7 Å². The van der Waals surface area contributed by atoms with Gasteiger partial charge in [-0.15, -0.1) is 0 Å². The number of halogens is 2. The van der Waals surface area contributed by atoms with Gasteiger partial charge >= 0.3 is 109 Å². The second-order valence-electron chi connectivity index (χ2n) is 3.37. The van der Waals surface area contributed by atoms with Gasteiger partial charge in [-0.05, 0) is 0 Å². The number of nitrogens with zero attached hydrogens (tertiary/aromatic N) is 1. The van der Waals surface area contributed by atoms with Crippen molar-refractivity contribution in [2.24, 2.45) is 2.61 Å². The summed E-state index contributed by atoms with van der Waals surface area (Å²) in [5, 5.41) is 0. The van der Waals surface area contributed by atoms with Crippen molar-refractivity contribution in [2.45, 2.75) is 0 Å². The minimum absolute atomic E-state index is 0.726. The van der Waals surface area contributed by atoms with Crippen molar-refractivity contribution in [3.05, 3.63) is 24.3 Å². The van der Waals surface area contributed by atoms with Crippen LogP contribution in [0.3, 0.4) is 0 Å². The molecule has 0 spiro atoms. The summed E-state index contributed by atoms with van der Waals surface area (Å²) in [7, 11) is 11.7. The van der Waals surface area contributed by atoms with Crippen LogP contribution in [0, 0.1) is 0 Å². The van der Waals surface area contributed by atoms with Gasteiger partial charge in [0.25, 0.3) is 0 Å². The quantitative estimate of drug-likeness (QED) is 0.732. The van der Waals surface area contributed by atoms with E-state index in [1.165, 1.54) is 12.5 Å².